The van der Waals surface area contributed by atoms with E-state index in [9.17, 15) is 4.79 Å². The first kappa shape index (κ1) is 21.6. The van der Waals surface area contributed by atoms with Gasteiger partial charge in [-0.3, -0.25) is 4.98 Å². The lowest BCUT2D eigenvalue weighted by Gasteiger charge is -2.20. The number of benzene rings is 3. The molecule has 3 aromatic carbocycles. The Bertz CT molecular complexity index is 1320. The summed E-state index contributed by atoms with van der Waals surface area (Å²) in [5, 5.41) is 6.71. The largest absolute Gasteiger partial charge is 0.493 e. The zero-order valence-corrected chi connectivity index (χ0v) is 19.2. The molecule has 34 heavy (non-hydrogen) atoms. The molecule has 7 heteroatoms. The van der Waals surface area contributed by atoms with Crippen molar-refractivity contribution < 1.29 is 14.3 Å². The van der Waals surface area contributed by atoms with Crippen LogP contribution in [0.5, 0.6) is 11.5 Å². The van der Waals surface area contributed by atoms with Crippen LogP contribution in [-0.2, 0) is 13.0 Å². The number of hydrogen-bond acceptors (Lipinski definition) is 5. The molecule has 0 saturated carbocycles. The van der Waals surface area contributed by atoms with Crippen molar-refractivity contribution in [2.45, 2.75) is 13.0 Å². The quantitative estimate of drug-likeness (QED) is 0.405. The number of ether oxygens (including phenoxy) is 2. The fourth-order valence-corrected chi connectivity index (χ4v) is 4.24. The maximum Gasteiger partial charge on any atom is 0.323 e. The van der Waals surface area contributed by atoms with E-state index in [-0.39, 0.29) is 6.03 Å². The Kier molecular flexibility index (Phi) is 5.91. The van der Waals surface area contributed by atoms with Gasteiger partial charge in [-0.15, -0.1) is 0 Å². The molecule has 1 aliphatic rings. The molecule has 0 spiro atoms. The minimum Gasteiger partial charge on any atom is -0.493 e. The molecule has 2 N–H and O–H groups in total. The fourth-order valence-electron chi connectivity index (χ4n) is 4.24. The molecule has 7 nitrogen and oxygen atoms in total. The Labute approximate surface area is 198 Å². The number of methoxy groups -OCH3 is 2. The smallest absolute Gasteiger partial charge is 0.323 e. The number of amides is 2. The molecule has 2 amide bonds. The molecule has 0 bridgehead atoms. The highest BCUT2D eigenvalue weighted by molar-refractivity contribution is 5.99. The summed E-state index contributed by atoms with van der Waals surface area (Å²) >= 11 is 0. The number of urea groups is 1. The molecule has 0 atom stereocenters. The Morgan fingerprint density at radius 2 is 1.59 bits per heavy atom. The molecule has 172 valence electrons. The minimum absolute atomic E-state index is 0.266. The summed E-state index contributed by atoms with van der Waals surface area (Å²) < 4.78 is 10.9. The zero-order chi connectivity index (χ0) is 23.5. The number of carbonyl (C=O) groups excluding carboxylic acids is 1. The lowest BCUT2D eigenvalue weighted by molar-refractivity contribution is 0.262. The average molecular weight is 455 g/mol. The van der Waals surface area contributed by atoms with Crippen LogP contribution >= 0.6 is 0 Å². The number of nitrogens with one attached hydrogen (secondary N) is 2. The number of rotatable bonds is 6. The van der Waals surface area contributed by atoms with Gasteiger partial charge >= 0.3 is 6.03 Å². The number of fused-ring (bicyclic) bond motifs is 2. The van der Waals surface area contributed by atoms with E-state index in [1.165, 1.54) is 0 Å². The zero-order valence-electron chi connectivity index (χ0n) is 19.2. The first-order valence-corrected chi connectivity index (χ1v) is 11.2. The van der Waals surface area contributed by atoms with Crippen LogP contribution in [0.2, 0.25) is 0 Å². The molecular formula is C27H26N4O3. The molecule has 1 aliphatic heterocycles. The maximum atomic E-state index is 12.2. The number of aromatic nitrogens is 1. The van der Waals surface area contributed by atoms with Gasteiger partial charge in [0.1, 0.15) is 0 Å². The van der Waals surface area contributed by atoms with Crippen LogP contribution in [0.3, 0.4) is 0 Å². The molecule has 0 fully saturated rings. The molecular weight excluding hydrogens is 428 g/mol. The van der Waals surface area contributed by atoms with Crippen LogP contribution in [0, 0.1) is 0 Å². The summed E-state index contributed by atoms with van der Waals surface area (Å²) in [5.41, 5.74) is 5.80. The molecule has 4 aromatic rings. The highest BCUT2D eigenvalue weighted by Gasteiger charge is 2.22. The summed E-state index contributed by atoms with van der Waals surface area (Å²) in [6.07, 6.45) is 0.902. The Hall–Kier alpha value is -4.26. The maximum absolute atomic E-state index is 12.2. The summed E-state index contributed by atoms with van der Waals surface area (Å²) in [6, 6.07) is 23.1. The molecule has 0 aliphatic carbocycles. The van der Waals surface area contributed by atoms with Crippen molar-refractivity contribution >= 4 is 34.0 Å². The predicted octanol–water partition coefficient (Wildman–Crippen LogP) is 5.46. The third-order valence-corrected chi connectivity index (χ3v) is 5.95. The van der Waals surface area contributed by atoms with E-state index in [0.29, 0.717) is 11.5 Å². The van der Waals surface area contributed by atoms with Gasteiger partial charge in [0.25, 0.3) is 0 Å². The van der Waals surface area contributed by atoms with E-state index in [1.54, 1.807) is 14.2 Å². The van der Waals surface area contributed by atoms with E-state index >= 15 is 0 Å². The Morgan fingerprint density at radius 1 is 0.912 bits per heavy atom. The first-order chi connectivity index (χ1) is 16.6. The van der Waals surface area contributed by atoms with Gasteiger partial charge in [-0.25, -0.2) is 4.79 Å². The van der Waals surface area contributed by atoms with Crippen LogP contribution in [0.1, 0.15) is 11.3 Å². The van der Waals surface area contributed by atoms with Gasteiger partial charge in [0.05, 0.1) is 31.1 Å². The van der Waals surface area contributed by atoms with E-state index in [4.69, 9.17) is 14.5 Å². The molecule has 5 rings (SSSR count). The summed E-state index contributed by atoms with van der Waals surface area (Å²) in [6.45, 7) is 1.68. The Balaban J connectivity index is 1.28. The van der Waals surface area contributed by atoms with Crippen LogP contribution in [0.15, 0.2) is 72.8 Å². The molecule has 0 saturated heterocycles. The van der Waals surface area contributed by atoms with Gasteiger partial charge in [-0.05, 0) is 42.0 Å². The number of carbonyl (C=O) groups is 1. The van der Waals surface area contributed by atoms with E-state index in [0.717, 1.165) is 58.7 Å². The number of nitrogens with zero attached hydrogens (tertiary/aromatic N) is 2. The normalized spacial score (nSPS) is 12.4. The van der Waals surface area contributed by atoms with Crippen molar-refractivity contribution in [2.75, 3.05) is 36.3 Å². The van der Waals surface area contributed by atoms with Crippen LogP contribution in [-0.4, -0.2) is 31.8 Å². The van der Waals surface area contributed by atoms with Gasteiger partial charge < -0.3 is 25.0 Å². The summed E-state index contributed by atoms with van der Waals surface area (Å²) in [4.78, 5) is 19.4. The number of hydrogen-bond donors (Lipinski definition) is 2. The number of pyridine rings is 1. The molecule has 0 radical (unpaired) electrons. The number of anilines is 3. The highest BCUT2D eigenvalue weighted by atomic mass is 16.5. The van der Waals surface area contributed by atoms with Gasteiger partial charge in [0.2, 0.25) is 0 Å². The molecule has 0 unspecified atom stereocenters. The molecule has 1 aromatic heterocycles. The second kappa shape index (κ2) is 9.31. The van der Waals surface area contributed by atoms with Crippen LogP contribution < -0.4 is 25.0 Å². The number of para-hydroxylation sites is 1. The monoisotopic (exact) mass is 454 g/mol. The highest BCUT2D eigenvalue weighted by Crippen LogP contribution is 2.36. The van der Waals surface area contributed by atoms with Crippen molar-refractivity contribution in [1.29, 1.82) is 0 Å². The fraction of sp³-hybridized carbons (Fsp3) is 0.185. The average Bonchev–Trinajstić information content (AvgIpc) is 3.24. The predicted molar refractivity (Wildman–Crippen MR) is 135 cm³/mol. The minimum atomic E-state index is -0.266. The van der Waals surface area contributed by atoms with E-state index in [2.05, 4.69) is 21.6 Å². The third-order valence-electron chi connectivity index (χ3n) is 5.95. The first-order valence-electron chi connectivity index (χ1n) is 11.2. The van der Waals surface area contributed by atoms with Gasteiger partial charge in [0.15, 0.2) is 11.5 Å². The van der Waals surface area contributed by atoms with E-state index < -0.39 is 0 Å². The Morgan fingerprint density at radius 3 is 2.29 bits per heavy atom. The lowest BCUT2D eigenvalue weighted by Crippen LogP contribution is -2.20. The summed E-state index contributed by atoms with van der Waals surface area (Å²) in [7, 11) is 3.27. The van der Waals surface area contributed by atoms with Gasteiger partial charge in [0, 0.05) is 42.3 Å². The van der Waals surface area contributed by atoms with Crippen molar-refractivity contribution in [3.63, 3.8) is 0 Å². The molecule has 2 heterocycles. The van der Waals surface area contributed by atoms with E-state index in [1.807, 2.05) is 66.7 Å². The van der Waals surface area contributed by atoms with Gasteiger partial charge in [-0.1, -0.05) is 30.3 Å². The van der Waals surface area contributed by atoms with Crippen molar-refractivity contribution in [2.24, 2.45) is 0 Å². The van der Waals surface area contributed by atoms with Crippen LogP contribution in [0.4, 0.5) is 21.9 Å². The SMILES string of the molecule is COc1cc2cc3c(nc2cc1OC)CCN3Cc1ccc(NC(=O)Nc2ccccc2)cc1. The second-order valence-electron chi connectivity index (χ2n) is 8.17. The summed E-state index contributed by atoms with van der Waals surface area (Å²) in [5.74, 6) is 1.38. The standard InChI is InChI=1S/C27H26N4O3/c1-33-25-15-19-14-24-22(30-23(19)16-26(25)34-2)12-13-31(24)17-18-8-10-21(11-9-18)29-27(32)28-20-6-4-3-5-7-20/h3-11,14-16H,12-13,17H2,1-2H3,(H2,28,29,32). The third kappa shape index (κ3) is 4.45. The second-order valence-corrected chi connectivity index (χ2v) is 8.17. The van der Waals surface area contributed by atoms with Crippen molar-refractivity contribution in [3.8, 4) is 11.5 Å². The van der Waals surface area contributed by atoms with Gasteiger partial charge in [-0.2, -0.15) is 0 Å². The lowest BCUT2D eigenvalue weighted by atomic mass is 10.1. The topological polar surface area (TPSA) is 75.7 Å². The van der Waals surface area contributed by atoms with Crippen molar-refractivity contribution in [3.05, 3.63) is 84.1 Å². The van der Waals surface area contributed by atoms with Crippen LogP contribution in [0.25, 0.3) is 10.9 Å². The van der Waals surface area contributed by atoms with Crippen molar-refractivity contribution in [1.82, 2.24) is 4.98 Å².